The number of tetrazole rings is 1. The minimum atomic E-state index is -0.413. The Morgan fingerprint density at radius 3 is 2.72 bits per heavy atom. The molecule has 0 spiro atoms. The number of likely N-dealkylation sites (N-methyl/N-ethyl adjacent to an activating group) is 1. The molecule has 9 heteroatoms. The molecule has 0 aliphatic rings. The van der Waals surface area contributed by atoms with Crippen molar-refractivity contribution in [1.82, 2.24) is 25.1 Å². The standard InChI is InChI=1S/C16H22N6O2S/c1-11(23)13-7-5-6-8-14(13)17-15(24)12(2)25-16-18-19-20-22(16)10-9-21(3)4/h5-8,12H,9-10H2,1-4H3,(H,17,24). The summed E-state index contributed by atoms with van der Waals surface area (Å²) in [6.07, 6.45) is 0. The highest BCUT2D eigenvalue weighted by Gasteiger charge is 2.20. The summed E-state index contributed by atoms with van der Waals surface area (Å²) in [5, 5.41) is 14.6. The molecule has 0 aliphatic carbocycles. The van der Waals surface area contributed by atoms with Gasteiger partial charge in [0.05, 0.1) is 17.5 Å². The second-order valence-corrected chi connectivity index (χ2v) is 7.15. The number of benzene rings is 1. The van der Waals surface area contributed by atoms with E-state index in [1.807, 2.05) is 19.0 Å². The molecule has 25 heavy (non-hydrogen) atoms. The molecule has 2 aromatic rings. The number of para-hydroxylation sites is 1. The third kappa shape index (κ3) is 5.36. The number of rotatable bonds is 8. The summed E-state index contributed by atoms with van der Waals surface area (Å²) in [6.45, 7) is 4.69. The van der Waals surface area contributed by atoms with E-state index >= 15 is 0 Å². The minimum absolute atomic E-state index is 0.0937. The zero-order chi connectivity index (χ0) is 18.4. The Kier molecular flexibility index (Phi) is 6.65. The summed E-state index contributed by atoms with van der Waals surface area (Å²) in [7, 11) is 3.94. The third-order valence-electron chi connectivity index (χ3n) is 3.47. The Morgan fingerprint density at radius 2 is 2.04 bits per heavy atom. The van der Waals surface area contributed by atoms with E-state index in [2.05, 4.69) is 20.8 Å². The fraction of sp³-hybridized carbons (Fsp3) is 0.438. The molecular weight excluding hydrogens is 340 g/mol. The van der Waals surface area contributed by atoms with Gasteiger partial charge in [-0.15, -0.1) is 5.10 Å². The van der Waals surface area contributed by atoms with Gasteiger partial charge in [-0.1, -0.05) is 23.9 Å². The SMILES string of the molecule is CC(=O)c1ccccc1NC(=O)C(C)Sc1nnnn1CCN(C)C. The van der Waals surface area contributed by atoms with Gasteiger partial charge in [-0.05, 0) is 50.5 Å². The van der Waals surface area contributed by atoms with Crippen molar-refractivity contribution in [3.05, 3.63) is 29.8 Å². The highest BCUT2D eigenvalue weighted by atomic mass is 32.2. The molecule has 1 heterocycles. The number of Topliss-reactive ketones (excluding diaryl/α,β-unsaturated/α-hetero) is 1. The van der Waals surface area contributed by atoms with Gasteiger partial charge in [0.15, 0.2) is 5.78 Å². The largest absolute Gasteiger partial charge is 0.324 e. The van der Waals surface area contributed by atoms with Crippen molar-refractivity contribution in [3.63, 3.8) is 0 Å². The van der Waals surface area contributed by atoms with Gasteiger partial charge in [0.2, 0.25) is 11.1 Å². The average molecular weight is 362 g/mol. The number of nitrogens with zero attached hydrogens (tertiary/aromatic N) is 5. The van der Waals surface area contributed by atoms with Crippen molar-refractivity contribution >= 4 is 29.1 Å². The number of hydrogen-bond donors (Lipinski definition) is 1. The number of hydrogen-bond acceptors (Lipinski definition) is 7. The Labute approximate surface area is 151 Å². The van der Waals surface area contributed by atoms with Crippen molar-refractivity contribution in [1.29, 1.82) is 0 Å². The fourth-order valence-electron chi connectivity index (χ4n) is 2.06. The molecule has 2 rings (SSSR count). The maximum atomic E-state index is 12.5. The van der Waals surface area contributed by atoms with Crippen LogP contribution in [0.15, 0.2) is 29.4 Å². The van der Waals surface area contributed by atoms with E-state index in [1.165, 1.54) is 18.7 Å². The quantitative estimate of drug-likeness (QED) is 0.562. The van der Waals surface area contributed by atoms with Gasteiger partial charge >= 0.3 is 0 Å². The molecule has 1 aromatic heterocycles. The second-order valence-electron chi connectivity index (χ2n) is 5.84. The van der Waals surface area contributed by atoms with E-state index in [0.717, 1.165) is 6.54 Å². The number of ketones is 1. The van der Waals surface area contributed by atoms with Gasteiger partial charge in [-0.3, -0.25) is 9.59 Å². The highest BCUT2D eigenvalue weighted by Crippen LogP contribution is 2.23. The molecular formula is C16H22N6O2S. The summed E-state index contributed by atoms with van der Waals surface area (Å²) >= 11 is 1.28. The number of carbonyl (C=O) groups is 2. The number of aromatic nitrogens is 4. The molecule has 0 radical (unpaired) electrons. The Morgan fingerprint density at radius 1 is 1.32 bits per heavy atom. The van der Waals surface area contributed by atoms with Crippen molar-refractivity contribution in [2.45, 2.75) is 30.8 Å². The van der Waals surface area contributed by atoms with Crippen LogP contribution < -0.4 is 5.32 Å². The lowest BCUT2D eigenvalue weighted by Crippen LogP contribution is -2.24. The number of anilines is 1. The van der Waals surface area contributed by atoms with E-state index in [-0.39, 0.29) is 11.7 Å². The van der Waals surface area contributed by atoms with Crippen molar-refractivity contribution in [3.8, 4) is 0 Å². The first-order valence-electron chi connectivity index (χ1n) is 7.87. The summed E-state index contributed by atoms with van der Waals surface area (Å²) in [5.74, 6) is -0.301. The van der Waals surface area contributed by atoms with Crippen molar-refractivity contribution < 1.29 is 9.59 Å². The summed E-state index contributed by atoms with van der Waals surface area (Å²) in [6, 6.07) is 6.95. The Hall–Kier alpha value is -2.26. The van der Waals surface area contributed by atoms with Crippen LogP contribution in [0.2, 0.25) is 0 Å². The molecule has 1 atom stereocenters. The molecule has 0 saturated heterocycles. The van der Waals surface area contributed by atoms with Crippen molar-refractivity contribution in [2.75, 3.05) is 26.0 Å². The van der Waals surface area contributed by atoms with E-state index in [4.69, 9.17) is 0 Å². The maximum absolute atomic E-state index is 12.5. The summed E-state index contributed by atoms with van der Waals surface area (Å²) < 4.78 is 1.68. The summed E-state index contributed by atoms with van der Waals surface area (Å²) in [5.41, 5.74) is 1.00. The third-order valence-corrected chi connectivity index (χ3v) is 4.54. The number of amides is 1. The Balaban J connectivity index is 2.02. The van der Waals surface area contributed by atoms with Gasteiger partial charge in [-0.2, -0.15) is 0 Å². The zero-order valence-electron chi connectivity index (χ0n) is 14.8. The highest BCUT2D eigenvalue weighted by molar-refractivity contribution is 8.00. The monoisotopic (exact) mass is 362 g/mol. The number of thioether (sulfide) groups is 1. The fourth-order valence-corrected chi connectivity index (χ4v) is 2.88. The molecule has 0 bridgehead atoms. The van der Waals surface area contributed by atoms with Crippen LogP contribution in [0.1, 0.15) is 24.2 Å². The van der Waals surface area contributed by atoms with Crippen LogP contribution in [0.4, 0.5) is 5.69 Å². The predicted molar refractivity (Wildman–Crippen MR) is 96.8 cm³/mol. The second kappa shape index (κ2) is 8.72. The molecule has 1 N–H and O–H groups in total. The molecule has 134 valence electrons. The van der Waals surface area contributed by atoms with E-state index in [1.54, 1.807) is 35.9 Å². The average Bonchev–Trinajstić information content (AvgIpc) is 3.00. The first-order chi connectivity index (χ1) is 11.9. The van der Waals surface area contributed by atoms with Crippen LogP contribution in [0.5, 0.6) is 0 Å². The van der Waals surface area contributed by atoms with Crippen LogP contribution in [0, 0.1) is 0 Å². The van der Waals surface area contributed by atoms with Crippen LogP contribution in [0.25, 0.3) is 0 Å². The predicted octanol–water partition coefficient (Wildman–Crippen LogP) is 1.56. The molecule has 1 unspecified atom stereocenters. The smallest absolute Gasteiger partial charge is 0.237 e. The van der Waals surface area contributed by atoms with Gasteiger partial charge in [-0.25, -0.2) is 4.68 Å². The molecule has 0 aliphatic heterocycles. The van der Waals surface area contributed by atoms with E-state index in [0.29, 0.717) is 23.0 Å². The molecule has 0 fully saturated rings. The lowest BCUT2D eigenvalue weighted by Gasteiger charge is -2.14. The lowest BCUT2D eigenvalue weighted by molar-refractivity contribution is -0.115. The topological polar surface area (TPSA) is 93.0 Å². The minimum Gasteiger partial charge on any atom is -0.324 e. The summed E-state index contributed by atoms with van der Waals surface area (Å²) in [4.78, 5) is 26.1. The van der Waals surface area contributed by atoms with Gasteiger partial charge < -0.3 is 10.2 Å². The van der Waals surface area contributed by atoms with Crippen LogP contribution in [0.3, 0.4) is 0 Å². The maximum Gasteiger partial charge on any atom is 0.237 e. The zero-order valence-corrected chi connectivity index (χ0v) is 15.6. The van der Waals surface area contributed by atoms with Gasteiger partial charge in [0.1, 0.15) is 0 Å². The van der Waals surface area contributed by atoms with Crippen molar-refractivity contribution in [2.24, 2.45) is 0 Å². The van der Waals surface area contributed by atoms with Crippen LogP contribution in [-0.2, 0) is 11.3 Å². The van der Waals surface area contributed by atoms with Gasteiger partial charge in [0, 0.05) is 12.1 Å². The van der Waals surface area contributed by atoms with Gasteiger partial charge in [0.25, 0.3) is 0 Å². The Bertz CT molecular complexity index is 746. The molecule has 0 saturated carbocycles. The molecule has 8 nitrogen and oxygen atoms in total. The number of carbonyl (C=O) groups excluding carboxylic acids is 2. The molecule has 1 aromatic carbocycles. The molecule has 1 amide bonds. The van der Waals surface area contributed by atoms with E-state index in [9.17, 15) is 9.59 Å². The lowest BCUT2D eigenvalue weighted by atomic mass is 10.1. The van der Waals surface area contributed by atoms with E-state index < -0.39 is 5.25 Å². The first-order valence-corrected chi connectivity index (χ1v) is 8.75. The normalized spacial score (nSPS) is 12.2. The van der Waals surface area contributed by atoms with Crippen LogP contribution >= 0.6 is 11.8 Å². The number of nitrogens with one attached hydrogen (secondary N) is 1. The van der Waals surface area contributed by atoms with Crippen LogP contribution in [-0.4, -0.2) is 62.7 Å². The first kappa shape index (κ1) is 19.1.